The summed E-state index contributed by atoms with van der Waals surface area (Å²) in [6.07, 6.45) is 3.73. The molecule has 0 aliphatic carbocycles. The number of carbonyl (C=O) groups excluding carboxylic acids is 1. The standard InChI is InChI=1S/C23H37FN4O/c1-17(2)15-28-16-20(26-19-9-12-27(3)13-10-19)14-22(28)23(29)25-11-8-18-6-4-5-7-21(18)24/h4-7,17,19-20,22,26H,8-16H2,1-3H3,(H,25,29)/t20-,22-/m0/s1. The molecule has 0 radical (unpaired) electrons. The topological polar surface area (TPSA) is 47.6 Å². The molecule has 3 rings (SSSR count). The Morgan fingerprint density at radius 2 is 1.93 bits per heavy atom. The number of hydrogen-bond acceptors (Lipinski definition) is 4. The SMILES string of the molecule is CC(C)CN1C[C@@H](NC2CCN(C)CC2)C[C@H]1C(=O)NCCc1ccccc1F. The van der Waals surface area contributed by atoms with Crippen LogP contribution in [0.1, 0.15) is 38.7 Å². The highest BCUT2D eigenvalue weighted by Crippen LogP contribution is 2.22. The van der Waals surface area contributed by atoms with Gasteiger partial charge in [0, 0.05) is 31.7 Å². The Labute approximate surface area is 175 Å². The Morgan fingerprint density at radius 1 is 1.21 bits per heavy atom. The summed E-state index contributed by atoms with van der Waals surface area (Å²) < 4.78 is 13.8. The van der Waals surface area contributed by atoms with E-state index in [1.165, 1.54) is 18.9 Å². The molecule has 0 bridgehead atoms. The number of likely N-dealkylation sites (tertiary alicyclic amines) is 2. The second-order valence-corrected chi connectivity index (χ2v) is 9.17. The summed E-state index contributed by atoms with van der Waals surface area (Å²) in [7, 11) is 2.18. The van der Waals surface area contributed by atoms with Crippen LogP contribution in [0, 0.1) is 11.7 Å². The quantitative estimate of drug-likeness (QED) is 0.698. The molecule has 2 aliphatic heterocycles. The van der Waals surface area contributed by atoms with Crippen molar-refractivity contribution in [3.05, 3.63) is 35.6 Å². The zero-order chi connectivity index (χ0) is 20.8. The maximum atomic E-state index is 13.8. The lowest BCUT2D eigenvalue weighted by Crippen LogP contribution is -2.46. The van der Waals surface area contributed by atoms with Gasteiger partial charge >= 0.3 is 0 Å². The van der Waals surface area contributed by atoms with Gasteiger partial charge in [0.05, 0.1) is 6.04 Å². The lowest BCUT2D eigenvalue weighted by atomic mass is 10.0. The van der Waals surface area contributed by atoms with E-state index in [1.54, 1.807) is 12.1 Å². The number of carbonyl (C=O) groups is 1. The number of rotatable bonds is 8. The average Bonchev–Trinajstić information content (AvgIpc) is 3.06. The number of halogens is 1. The van der Waals surface area contributed by atoms with Gasteiger partial charge in [-0.3, -0.25) is 9.69 Å². The number of nitrogens with zero attached hydrogens (tertiary/aromatic N) is 2. The zero-order valence-electron chi connectivity index (χ0n) is 18.2. The van der Waals surface area contributed by atoms with Gasteiger partial charge in [0.2, 0.25) is 5.91 Å². The van der Waals surface area contributed by atoms with Gasteiger partial charge in [0.25, 0.3) is 0 Å². The first-order chi connectivity index (χ1) is 13.9. The molecule has 2 saturated heterocycles. The highest BCUT2D eigenvalue weighted by Gasteiger charge is 2.37. The van der Waals surface area contributed by atoms with Crippen molar-refractivity contribution >= 4 is 5.91 Å². The van der Waals surface area contributed by atoms with Gasteiger partial charge in [-0.15, -0.1) is 0 Å². The maximum Gasteiger partial charge on any atom is 0.237 e. The summed E-state index contributed by atoms with van der Waals surface area (Å²) in [4.78, 5) is 17.6. The van der Waals surface area contributed by atoms with Crippen molar-refractivity contribution in [1.82, 2.24) is 20.4 Å². The first-order valence-electron chi connectivity index (χ1n) is 11.1. The summed E-state index contributed by atoms with van der Waals surface area (Å²) in [6.45, 7) is 9.00. The van der Waals surface area contributed by atoms with Crippen LogP contribution in [0.25, 0.3) is 0 Å². The fourth-order valence-electron chi connectivity index (χ4n) is 4.62. The molecule has 2 N–H and O–H groups in total. The van der Waals surface area contributed by atoms with E-state index in [2.05, 4.69) is 41.3 Å². The van der Waals surface area contributed by atoms with E-state index in [9.17, 15) is 9.18 Å². The summed E-state index contributed by atoms with van der Waals surface area (Å²) in [5.41, 5.74) is 0.653. The molecule has 162 valence electrons. The molecule has 2 aliphatic rings. The van der Waals surface area contributed by atoms with Crippen molar-refractivity contribution in [2.75, 3.05) is 39.8 Å². The van der Waals surface area contributed by atoms with E-state index in [0.717, 1.165) is 32.6 Å². The zero-order valence-corrected chi connectivity index (χ0v) is 18.2. The highest BCUT2D eigenvalue weighted by atomic mass is 19.1. The van der Waals surface area contributed by atoms with Crippen LogP contribution in [0.3, 0.4) is 0 Å². The maximum absolute atomic E-state index is 13.8. The molecule has 2 fully saturated rings. The fraction of sp³-hybridized carbons (Fsp3) is 0.696. The second-order valence-electron chi connectivity index (χ2n) is 9.17. The van der Waals surface area contributed by atoms with Crippen LogP contribution in [-0.2, 0) is 11.2 Å². The van der Waals surface area contributed by atoms with Crippen LogP contribution in [-0.4, -0.2) is 73.6 Å². The van der Waals surface area contributed by atoms with Crippen LogP contribution < -0.4 is 10.6 Å². The Bertz CT molecular complexity index is 660. The molecule has 1 amide bonds. The number of benzene rings is 1. The van der Waals surface area contributed by atoms with Crippen LogP contribution in [0.5, 0.6) is 0 Å². The third-order valence-electron chi connectivity index (χ3n) is 6.15. The van der Waals surface area contributed by atoms with E-state index in [-0.39, 0.29) is 17.8 Å². The van der Waals surface area contributed by atoms with Crippen molar-refractivity contribution in [1.29, 1.82) is 0 Å². The van der Waals surface area contributed by atoms with E-state index in [4.69, 9.17) is 0 Å². The molecule has 0 unspecified atom stereocenters. The predicted octanol–water partition coefficient (Wildman–Crippen LogP) is 2.27. The Kier molecular flexibility index (Phi) is 8.04. The lowest BCUT2D eigenvalue weighted by Gasteiger charge is -2.31. The van der Waals surface area contributed by atoms with E-state index in [0.29, 0.717) is 36.5 Å². The average molecular weight is 405 g/mol. The van der Waals surface area contributed by atoms with E-state index < -0.39 is 0 Å². The van der Waals surface area contributed by atoms with Gasteiger partial charge < -0.3 is 15.5 Å². The molecule has 1 aromatic carbocycles. The van der Waals surface area contributed by atoms with Gasteiger partial charge in [0.15, 0.2) is 0 Å². The predicted molar refractivity (Wildman–Crippen MR) is 115 cm³/mol. The molecular formula is C23H37FN4O. The largest absolute Gasteiger partial charge is 0.354 e. The minimum absolute atomic E-state index is 0.0784. The number of piperidine rings is 1. The highest BCUT2D eigenvalue weighted by molar-refractivity contribution is 5.82. The van der Waals surface area contributed by atoms with Crippen LogP contribution in [0.4, 0.5) is 4.39 Å². The third-order valence-corrected chi connectivity index (χ3v) is 6.15. The molecule has 29 heavy (non-hydrogen) atoms. The summed E-state index contributed by atoms with van der Waals surface area (Å²) in [5, 5.41) is 6.87. The second kappa shape index (κ2) is 10.5. The van der Waals surface area contributed by atoms with Crippen molar-refractivity contribution in [3.63, 3.8) is 0 Å². The first kappa shape index (κ1) is 22.2. The Morgan fingerprint density at radius 3 is 2.62 bits per heavy atom. The van der Waals surface area contributed by atoms with Gasteiger partial charge in [-0.05, 0) is 63.4 Å². The van der Waals surface area contributed by atoms with Gasteiger partial charge in [-0.1, -0.05) is 32.0 Å². The lowest BCUT2D eigenvalue weighted by molar-refractivity contribution is -0.125. The third kappa shape index (κ3) is 6.49. The number of hydrogen-bond donors (Lipinski definition) is 2. The number of nitrogens with one attached hydrogen (secondary N) is 2. The molecule has 0 saturated carbocycles. The van der Waals surface area contributed by atoms with Crippen LogP contribution in [0.15, 0.2) is 24.3 Å². The van der Waals surface area contributed by atoms with Crippen molar-refractivity contribution in [2.24, 2.45) is 5.92 Å². The molecule has 5 nitrogen and oxygen atoms in total. The van der Waals surface area contributed by atoms with E-state index >= 15 is 0 Å². The van der Waals surface area contributed by atoms with Crippen molar-refractivity contribution in [2.45, 2.75) is 57.7 Å². The monoisotopic (exact) mass is 404 g/mol. The van der Waals surface area contributed by atoms with Crippen molar-refractivity contribution < 1.29 is 9.18 Å². The van der Waals surface area contributed by atoms with Crippen LogP contribution in [0.2, 0.25) is 0 Å². The van der Waals surface area contributed by atoms with Gasteiger partial charge in [-0.2, -0.15) is 0 Å². The molecular weight excluding hydrogens is 367 g/mol. The summed E-state index contributed by atoms with van der Waals surface area (Å²) >= 11 is 0. The fourth-order valence-corrected chi connectivity index (χ4v) is 4.62. The minimum atomic E-state index is -0.202. The summed E-state index contributed by atoms with van der Waals surface area (Å²) in [5.74, 6) is 0.395. The Hall–Kier alpha value is -1.50. The molecule has 6 heteroatoms. The molecule has 0 aromatic heterocycles. The normalized spacial score (nSPS) is 24.3. The van der Waals surface area contributed by atoms with E-state index in [1.807, 2.05) is 6.07 Å². The summed E-state index contributed by atoms with van der Waals surface area (Å²) in [6, 6.07) is 7.60. The molecule has 2 atom stereocenters. The van der Waals surface area contributed by atoms with Gasteiger partial charge in [0.1, 0.15) is 5.82 Å². The van der Waals surface area contributed by atoms with Crippen LogP contribution >= 0.6 is 0 Å². The molecule has 2 heterocycles. The Balaban J connectivity index is 1.52. The number of amides is 1. The molecule has 1 aromatic rings. The van der Waals surface area contributed by atoms with Crippen molar-refractivity contribution in [3.8, 4) is 0 Å². The first-order valence-corrected chi connectivity index (χ1v) is 11.1. The smallest absolute Gasteiger partial charge is 0.237 e. The molecule has 0 spiro atoms. The minimum Gasteiger partial charge on any atom is -0.354 e. The van der Waals surface area contributed by atoms with Gasteiger partial charge in [-0.25, -0.2) is 4.39 Å².